The Hall–Kier alpha value is -1.06. The van der Waals surface area contributed by atoms with Crippen LogP contribution in [0.1, 0.15) is 103 Å². The zero-order chi connectivity index (χ0) is 22.7. The topological polar surface area (TPSA) is 41.5 Å². The number of unbranched alkanes of at least 4 members (excludes halogenated alkanes) is 5. The number of aliphatic hydroxyl groups excluding tert-OH is 1. The van der Waals surface area contributed by atoms with E-state index >= 15 is 0 Å². The number of hydrogen-bond donors (Lipinski definition) is 2. The lowest BCUT2D eigenvalue weighted by molar-refractivity contribution is -0.110. The molecule has 0 heterocycles. The van der Waals surface area contributed by atoms with Crippen molar-refractivity contribution < 1.29 is 9.84 Å². The van der Waals surface area contributed by atoms with Gasteiger partial charge in [-0.1, -0.05) is 65.0 Å². The molecular weight excluding hydrogens is 394 g/mol. The summed E-state index contributed by atoms with van der Waals surface area (Å²) < 4.78 is 5.91. The van der Waals surface area contributed by atoms with Gasteiger partial charge in [0.05, 0.1) is 0 Å². The van der Waals surface area contributed by atoms with Crippen LogP contribution in [0.15, 0.2) is 24.3 Å². The number of nitrogens with one attached hydrogen (secondary N) is 1. The zero-order valence-corrected chi connectivity index (χ0v) is 20.9. The molecule has 180 valence electrons. The van der Waals surface area contributed by atoms with E-state index in [1.807, 2.05) is 0 Å². The molecule has 4 aliphatic rings. The fourth-order valence-electron chi connectivity index (χ4n) is 8.22. The van der Waals surface area contributed by atoms with E-state index in [4.69, 9.17) is 4.74 Å². The molecule has 0 spiro atoms. The van der Waals surface area contributed by atoms with Gasteiger partial charge in [0.25, 0.3) is 0 Å². The summed E-state index contributed by atoms with van der Waals surface area (Å²) in [7, 11) is 0. The van der Waals surface area contributed by atoms with Crippen molar-refractivity contribution in [3.05, 3.63) is 29.8 Å². The molecule has 3 nitrogen and oxygen atoms in total. The highest BCUT2D eigenvalue weighted by molar-refractivity contribution is 5.36. The molecular formula is C29H47NO2. The van der Waals surface area contributed by atoms with E-state index in [0.29, 0.717) is 29.4 Å². The van der Waals surface area contributed by atoms with Gasteiger partial charge in [-0.05, 0) is 91.3 Å². The van der Waals surface area contributed by atoms with Gasteiger partial charge >= 0.3 is 0 Å². The van der Waals surface area contributed by atoms with Gasteiger partial charge in [-0.3, -0.25) is 0 Å². The maximum atomic E-state index is 10.3. The standard InChI is InChI=1S/C29H47NO2/c1-4-5-6-7-8-9-14-30-18-25(31)19-32-26-12-10-24(11-13-26)29-17-23-15-27(2,21-29)20-28(3,16-23)22-29/h10-13,23,25,30-31H,4-9,14-22H2,1-3H3/t23?,25?,27-,28+,29?. The first-order valence-corrected chi connectivity index (χ1v) is 13.5. The fraction of sp³-hybridized carbons (Fsp3) is 0.793. The van der Waals surface area contributed by atoms with Crippen LogP contribution in [0.5, 0.6) is 5.75 Å². The maximum Gasteiger partial charge on any atom is 0.119 e. The third kappa shape index (κ3) is 5.70. The molecule has 0 saturated heterocycles. The first-order chi connectivity index (χ1) is 15.3. The molecule has 3 unspecified atom stereocenters. The van der Waals surface area contributed by atoms with Gasteiger partial charge in [-0.2, -0.15) is 0 Å². The van der Waals surface area contributed by atoms with E-state index in [9.17, 15) is 5.11 Å². The highest BCUT2D eigenvalue weighted by atomic mass is 16.5. The lowest BCUT2D eigenvalue weighted by Crippen LogP contribution is -2.56. The minimum atomic E-state index is -0.460. The Labute approximate surface area is 196 Å². The Balaban J connectivity index is 1.20. The minimum Gasteiger partial charge on any atom is -0.491 e. The van der Waals surface area contributed by atoms with E-state index in [0.717, 1.165) is 18.2 Å². The van der Waals surface area contributed by atoms with Crippen molar-refractivity contribution in [1.29, 1.82) is 0 Å². The highest BCUT2D eigenvalue weighted by Gasteiger charge is 2.60. The largest absolute Gasteiger partial charge is 0.491 e. The second kappa shape index (κ2) is 10.1. The number of benzene rings is 1. The molecule has 5 atom stereocenters. The van der Waals surface area contributed by atoms with Crippen molar-refractivity contribution in [2.24, 2.45) is 16.7 Å². The van der Waals surface area contributed by atoms with Crippen LogP contribution in [0.3, 0.4) is 0 Å². The summed E-state index contributed by atoms with van der Waals surface area (Å²) >= 11 is 0. The van der Waals surface area contributed by atoms with Crippen molar-refractivity contribution in [1.82, 2.24) is 5.32 Å². The molecule has 1 aromatic carbocycles. The zero-order valence-electron chi connectivity index (χ0n) is 20.9. The number of rotatable bonds is 13. The number of aliphatic hydroxyl groups is 1. The molecule has 2 N–H and O–H groups in total. The molecule has 4 aliphatic carbocycles. The Bertz CT molecular complexity index is 711. The first kappa shape index (κ1) is 24.1. The molecule has 32 heavy (non-hydrogen) atoms. The third-order valence-corrected chi connectivity index (χ3v) is 8.62. The lowest BCUT2D eigenvalue weighted by Gasteiger charge is -2.65. The second-order valence-electron chi connectivity index (χ2n) is 12.4. The molecule has 4 bridgehead atoms. The third-order valence-electron chi connectivity index (χ3n) is 8.62. The first-order valence-electron chi connectivity index (χ1n) is 13.5. The quantitative estimate of drug-likeness (QED) is 0.338. The Morgan fingerprint density at radius 2 is 1.59 bits per heavy atom. The number of ether oxygens (including phenoxy) is 1. The SMILES string of the molecule is CCCCCCCCNCC(O)COc1ccc(C23CC4C[C@@](C)(C2)C[C@](C)(C4)C3)cc1. The highest BCUT2D eigenvalue weighted by Crippen LogP contribution is 2.69. The molecule has 3 heteroatoms. The van der Waals surface area contributed by atoms with Gasteiger partial charge in [0, 0.05) is 6.54 Å². The Kier molecular flexibility index (Phi) is 7.56. The van der Waals surface area contributed by atoms with Crippen LogP contribution in [0.4, 0.5) is 0 Å². The van der Waals surface area contributed by atoms with Gasteiger partial charge < -0.3 is 15.2 Å². The summed E-state index contributed by atoms with van der Waals surface area (Å²) in [6.07, 6.45) is 15.7. The predicted octanol–water partition coefficient (Wildman–Crippen LogP) is 6.62. The second-order valence-corrected chi connectivity index (χ2v) is 12.4. The number of hydrogen-bond acceptors (Lipinski definition) is 3. The Morgan fingerprint density at radius 3 is 2.25 bits per heavy atom. The van der Waals surface area contributed by atoms with Crippen molar-refractivity contribution in [3.63, 3.8) is 0 Å². The predicted molar refractivity (Wildman–Crippen MR) is 133 cm³/mol. The van der Waals surface area contributed by atoms with Crippen LogP contribution in [-0.4, -0.2) is 30.9 Å². The van der Waals surface area contributed by atoms with Crippen LogP contribution in [0.2, 0.25) is 0 Å². The van der Waals surface area contributed by atoms with Crippen molar-refractivity contribution in [2.75, 3.05) is 19.7 Å². The van der Waals surface area contributed by atoms with Crippen molar-refractivity contribution >= 4 is 0 Å². The van der Waals surface area contributed by atoms with Crippen LogP contribution >= 0.6 is 0 Å². The van der Waals surface area contributed by atoms with E-state index < -0.39 is 6.10 Å². The van der Waals surface area contributed by atoms with Crippen molar-refractivity contribution in [2.45, 2.75) is 109 Å². The van der Waals surface area contributed by atoms with E-state index in [-0.39, 0.29) is 0 Å². The Morgan fingerprint density at radius 1 is 0.938 bits per heavy atom. The van der Waals surface area contributed by atoms with Gasteiger partial charge in [-0.25, -0.2) is 0 Å². The normalized spacial score (nSPS) is 34.1. The summed E-state index contributed by atoms with van der Waals surface area (Å²) in [5, 5.41) is 13.6. The summed E-state index contributed by atoms with van der Waals surface area (Å²) in [5.74, 6) is 1.79. The smallest absolute Gasteiger partial charge is 0.119 e. The molecule has 0 amide bonds. The molecule has 4 fully saturated rings. The van der Waals surface area contributed by atoms with Crippen LogP contribution < -0.4 is 10.1 Å². The van der Waals surface area contributed by atoms with E-state index in [2.05, 4.69) is 50.4 Å². The lowest BCUT2D eigenvalue weighted by atomic mass is 9.39. The summed E-state index contributed by atoms with van der Waals surface area (Å²) in [6.45, 7) is 9.29. The summed E-state index contributed by atoms with van der Waals surface area (Å²) in [5.41, 5.74) is 2.97. The fourth-order valence-corrected chi connectivity index (χ4v) is 8.22. The van der Waals surface area contributed by atoms with Gasteiger partial charge in [0.2, 0.25) is 0 Å². The molecule has 1 aromatic rings. The van der Waals surface area contributed by atoms with Gasteiger partial charge in [-0.15, -0.1) is 0 Å². The summed E-state index contributed by atoms with van der Waals surface area (Å²) in [4.78, 5) is 0. The van der Waals surface area contributed by atoms with Crippen LogP contribution in [0, 0.1) is 16.7 Å². The van der Waals surface area contributed by atoms with Crippen molar-refractivity contribution in [3.8, 4) is 5.75 Å². The average molecular weight is 442 g/mol. The molecule has 0 radical (unpaired) electrons. The van der Waals surface area contributed by atoms with Gasteiger partial charge in [0.1, 0.15) is 18.5 Å². The van der Waals surface area contributed by atoms with Gasteiger partial charge in [0.15, 0.2) is 0 Å². The van der Waals surface area contributed by atoms with E-state index in [1.54, 1.807) is 0 Å². The molecule has 0 aliphatic heterocycles. The average Bonchev–Trinajstić information content (AvgIpc) is 2.72. The molecule has 5 rings (SSSR count). The van der Waals surface area contributed by atoms with Crippen LogP contribution in [-0.2, 0) is 5.41 Å². The summed E-state index contributed by atoms with van der Waals surface area (Å²) in [6, 6.07) is 8.90. The molecule has 0 aromatic heterocycles. The van der Waals surface area contributed by atoms with E-state index in [1.165, 1.54) is 82.6 Å². The maximum absolute atomic E-state index is 10.3. The van der Waals surface area contributed by atoms with Crippen LogP contribution in [0.25, 0.3) is 0 Å². The molecule has 4 saturated carbocycles. The monoisotopic (exact) mass is 441 g/mol. The minimum absolute atomic E-state index is 0.353.